The van der Waals surface area contributed by atoms with Gasteiger partial charge in [0, 0.05) is 24.7 Å². The molecule has 0 aliphatic carbocycles. The third-order valence-electron chi connectivity index (χ3n) is 3.31. The first-order valence-corrected chi connectivity index (χ1v) is 6.44. The van der Waals surface area contributed by atoms with Crippen molar-refractivity contribution in [3.63, 3.8) is 0 Å². The quantitative estimate of drug-likeness (QED) is 0.656. The fourth-order valence-corrected chi connectivity index (χ4v) is 2.29. The first-order chi connectivity index (χ1) is 9.06. The molecule has 1 aromatic rings. The van der Waals surface area contributed by atoms with Crippen LogP contribution in [-0.4, -0.2) is 33.4 Å². The van der Waals surface area contributed by atoms with E-state index in [-0.39, 0.29) is 12.1 Å². The maximum atomic E-state index is 11.8. The molecule has 0 saturated carbocycles. The minimum atomic E-state index is -0.691. The number of hydrogen-bond donors (Lipinski definition) is 3. The predicted molar refractivity (Wildman–Crippen MR) is 68.9 cm³/mol. The average Bonchev–Trinajstić information content (AvgIpc) is 2.74. The van der Waals surface area contributed by atoms with Crippen LogP contribution in [0.15, 0.2) is 15.8 Å². The zero-order valence-corrected chi connectivity index (χ0v) is 10.8. The van der Waals surface area contributed by atoms with Crippen LogP contribution in [0.4, 0.5) is 0 Å². The van der Waals surface area contributed by atoms with Crippen molar-refractivity contribution in [2.75, 3.05) is 6.54 Å². The summed E-state index contributed by atoms with van der Waals surface area (Å²) in [4.78, 5) is 25.7. The van der Waals surface area contributed by atoms with Gasteiger partial charge in [-0.15, -0.1) is 0 Å². The van der Waals surface area contributed by atoms with Crippen molar-refractivity contribution in [1.29, 1.82) is 0 Å². The second-order valence-corrected chi connectivity index (χ2v) is 4.74. The van der Waals surface area contributed by atoms with Gasteiger partial charge in [0.1, 0.15) is 6.23 Å². The summed E-state index contributed by atoms with van der Waals surface area (Å²) in [5.74, 6) is 0. The van der Waals surface area contributed by atoms with Gasteiger partial charge in [0.05, 0.1) is 12.2 Å². The number of aromatic nitrogens is 2. The number of aliphatic hydroxyl groups is 1. The number of aryl methyl sites for hydroxylation is 1. The molecule has 1 saturated heterocycles. The molecule has 0 amide bonds. The highest BCUT2D eigenvalue weighted by atomic mass is 16.5. The van der Waals surface area contributed by atoms with E-state index >= 15 is 0 Å². The molecule has 1 aliphatic rings. The molecular weight excluding hydrogens is 250 g/mol. The lowest BCUT2D eigenvalue weighted by molar-refractivity contribution is -0.0152. The lowest BCUT2D eigenvalue weighted by atomic mass is 10.2. The van der Waals surface area contributed by atoms with Crippen LogP contribution in [0.2, 0.25) is 0 Å². The van der Waals surface area contributed by atoms with Gasteiger partial charge in [-0.3, -0.25) is 14.3 Å². The van der Waals surface area contributed by atoms with Gasteiger partial charge in [0.25, 0.3) is 5.56 Å². The third kappa shape index (κ3) is 2.78. The first-order valence-electron chi connectivity index (χ1n) is 6.44. The summed E-state index contributed by atoms with van der Waals surface area (Å²) in [6, 6.07) is 0. The average molecular weight is 269 g/mol. The Labute approximate surface area is 110 Å². The fourth-order valence-electron chi connectivity index (χ4n) is 2.29. The van der Waals surface area contributed by atoms with Gasteiger partial charge < -0.3 is 15.6 Å². The van der Waals surface area contributed by atoms with Gasteiger partial charge in [-0.05, 0) is 6.42 Å². The van der Waals surface area contributed by atoms with E-state index in [1.165, 1.54) is 10.8 Å². The molecule has 2 heterocycles. The molecule has 1 aromatic heterocycles. The molecule has 0 radical (unpaired) electrons. The highest BCUT2D eigenvalue weighted by Gasteiger charge is 2.34. The van der Waals surface area contributed by atoms with E-state index in [4.69, 9.17) is 10.5 Å². The fraction of sp³-hybridized carbons (Fsp3) is 0.667. The number of nitrogens with two attached hydrogens (primary N) is 1. The van der Waals surface area contributed by atoms with Crippen LogP contribution in [0.25, 0.3) is 0 Å². The Balaban J connectivity index is 2.33. The van der Waals surface area contributed by atoms with E-state index < -0.39 is 24.1 Å². The molecule has 2 rings (SSSR count). The molecule has 1 aliphatic heterocycles. The van der Waals surface area contributed by atoms with E-state index in [0.29, 0.717) is 18.4 Å². The Morgan fingerprint density at radius 1 is 1.58 bits per heavy atom. The largest absolute Gasteiger partial charge is 0.390 e. The summed E-state index contributed by atoms with van der Waals surface area (Å²) in [5.41, 5.74) is 5.12. The van der Waals surface area contributed by atoms with E-state index in [2.05, 4.69) is 4.98 Å². The van der Waals surface area contributed by atoms with Crippen molar-refractivity contribution in [1.82, 2.24) is 9.55 Å². The zero-order valence-electron chi connectivity index (χ0n) is 10.8. The Hall–Kier alpha value is -1.44. The van der Waals surface area contributed by atoms with Crippen LogP contribution in [0, 0.1) is 0 Å². The van der Waals surface area contributed by atoms with E-state index in [0.717, 1.165) is 6.42 Å². The van der Waals surface area contributed by atoms with E-state index in [1.54, 1.807) is 0 Å². The molecule has 1 fully saturated rings. The molecule has 0 unspecified atom stereocenters. The Bertz CT molecular complexity index is 551. The summed E-state index contributed by atoms with van der Waals surface area (Å²) < 4.78 is 6.85. The van der Waals surface area contributed by atoms with Crippen LogP contribution < -0.4 is 17.0 Å². The van der Waals surface area contributed by atoms with E-state index in [9.17, 15) is 14.7 Å². The molecule has 0 aromatic carbocycles. The summed E-state index contributed by atoms with van der Waals surface area (Å²) in [7, 11) is 0. The molecular formula is C12H19N3O4. The highest BCUT2D eigenvalue weighted by molar-refractivity contribution is 5.05. The summed E-state index contributed by atoms with van der Waals surface area (Å²) in [6.07, 6.45) is 1.46. The Morgan fingerprint density at radius 2 is 2.32 bits per heavy atom. The number of aromatic amines is 1. The van der Waals surface area contributed by atoms with Crippen molar-refractivity contribution in [2.24, 2.45) is 5.73 Å². The number of ether oxygens (including phenoxy) is 1. The normalized spacial score (nSPS) is 26.8. The molecule has 4 N–H and O–H groups in total. The highest BCUT2D eigenvalue weighted by Crippen LogP contribution is 2.26. The number of hydrogen-bond acceptors (Lipinski definition) is 5. The summed E-state index contributed by atoms with van der Waals surface area (Å²) in [6.45, 7) is 2.15. The second-order valence-electron chi connectivity index (χ2n) is 4.74. The maximum absolute atomic E-state index is 11.8. The van der Waals surface area contributed by atoms with Crippen LogP contribution in [-0.2, 0) is 11.2 Å². The second kappa shape index (κ2) is 5.68. The predicted octanol–water partition coefficient (Wildman–Crippen LogP) is -0.904. The van der Waals surface area contributed by atoms with Crippen LogP contribution in [0.5, 0.6) is 0 Å². The SMILES string of the molecule is CCCc1cn([C@H]2C[C@H](O)[C@@H](CN)O2)c(=O)[nH]c1=O. The monoisotopic (exact) mass is 269 g/mol. The Morgan fingerprint density at radius 3 is 2.89 bits per heavy atom. The zero-order chi connectivity index (χ0) is 14.0. The third-order valence-corrected chi connectivity index (χ3v) is 3.31. The smallest absolute Gasteiger partial charge is 0.330 e. The molecule has 3 atom stereocenters. The van der Waals surface area contributed by atoms with Gasteiger partial charge in [0.15, 0.2) is 0 Å². The van der Waals surface area contributed by atoms with E-state index in [1.807, 2.05) is 6.92 Å². The van der Waals surface area contributed by atoms with Crippen molar-refractivity contribution < 1.29 is 9.84 Å². The summed E-state index contributed by atoms with van der Waals surface area (Å²) in [5, 5.41) is 9.75. The van der Waals surface area contributed by atoms with Crippen molar-refractivity contribution in [3.8, 4) is 0 Å². The van der Waals surface area contributed by atoms with Gasteiger partial charge in [-0.2, -0.15) is 0 Å². The summed E-state index contributed by atoms with van der Waals surface area (Å²) >= 11 is 0. The van der Waals surface area contributed by atoms with Crippen LogP contribution in [0.3, 0.4) is 0 Å². The van der Waals surface area contributed by atoms with Crippen molar-refractivity contribution >= 4 is 0 Å². The van der Waals surface area contributed by atoms with Gasteiger partial charge in [-0.1, -0.05) is 13.3 Å². The number of H-pyrrole nitrogens is 1. The molecule has 106 valence electrons. The molecule has 0 spiro atoms. The van der Waals surface area contributed by atoms with Crippen molar-refractivity contribution in [3.05, 3.63) is 32.6 Å². The minimum absolute atomic E-state index is 0.192. The van der Waals surface area contributed by atoms with Crippen LogP contribution in [0.1, 0.15) is 31.6 Å². The van der Waals surface area contributed by atoms with Crippen LogP contribution >= 0.6 is 0 Å². The molecule has 7 heteroatoms. The van der Waals surface area contributed by atoms with Gasteiger partial charge >= 0.3 is 5.69 Å². The van der Waals surface area contributed by atoms with Gasteiger partial charge in [0.2, 0.25) is 0 Å². The number of nitrogens with zero attached hydrogens (tertiary/aromatic N) is 1. The number of rotatable bonds is 4. The van der Waals surface area contributed by atoms with Crippen molar-refractivity contribution in [2.45, 2.75) is 44.6 Å². The number of aliphatic hydroxyl groups excluding tert-OH is 1. The molecule has 7 nitrogen and oxygen atoms in total. The standard InChI is InChI=1S/C12H19N3O4/c1-2-3-7-6-15(12(18)14-11(7)17)10-4-8(16)9(5-13)19-10/h6,8-10,16H,2-5,13H2,1H3,(H,14,17,18)/t8-,9+,10+/m0/s1. The first kappa shape index (κ1) is 14.0. The molecule has 0 bridgehead atoms. The Kier molecular flexibility index (Phi) is 4.18. The maximum Gasteiger partial charge on any atom is 0.330 e. The lowest BCUT2D eigenvalue weighted by Crippen LogP contribution is -2.34. The minimum Gasteiger partial charge on any atom is -0.390 e. The number of nitrogens with one attached hydrogen (secondary N) is 1. The molecule has 19 heavy (non-hydrogen) atoms. The topological polar surface area (TPSA) is 110 Å². The van der Waals surface area contributed by atoms with Gasteiger partial charge in [-0.25, -0.2) is 4.79 Å². The lowest BCUT2D eigenvalue weighted by Gasteiger charge is -2.15.